The molecule has 1 saturated heterocycles. The lowest BCUT2D eigenvalue weighted by Crippen LogP contribution is -2.23. The molecule has 0 aliphatic carbocycles. The number of hydrogen-bond acceptors (Lipinski definition) is 4. The van der Waals surface area contributed by atoms with Crippen molar-refractivity contribution in [3.63, 3.8) is 0 Å². The predicted molar refractivity (Wildman–Crippen MR) is 99.2 cm³/mol. The third-order valence-electron chi connectivity index (χ3n) is 3.86. The fourth-order valence-corrected chi connectivity index (χ4v) is 2.60. The van der Waals surface area contributed by atoms with Crippen LogP contribution in [0.15, 0.2) is 54.6 Å². The van der Waals surface area contributed by atoms with Crippen LogP contribution in [0.25, 0.3) is 6.08 Å². The second-order valence-electron chi connectivity index (χ2n) is 5.82. The van der Waals surface area contributed by atoms with E-state index in [1.807, 2.05) is 12.1 Å². The second kappa shape index (κ2) is 7.65. The van der Waals surface area contributed by atoms with E-state index in [1.165, 1.54) is 17.9 Å². The van der Waals surface area contributed by atoms with Gasteiger partial charge in [0.05, 0.1) is 6.54 Å². The van der Waals surface area contributed by atoms with Crippen LogP contribution in [0.3, 0.4) is 0 Å². The molecule has 0 atom stereocenters. The lowest BCUT2D eigenvalue weighted by molar-refractivity contribution is -0.114. The van der Waals surface area contributed by atoms with Crippen LogP contribution in [0.5, 0.6) is 0 Å². The smallest absolute Gasteiger partial charge is 0.414 e. The average molecular weight is 350 g/mol. The van der Waals surface area contributed by atoms with Gasteiger partial charge in [0.2, 0.25) is 5.91 Å². The standard InChI is InChI=1S/C20H18N2O4/c1-14(23)21-17-8-5-15(6-9-17)7-10-19(24)16-3-2-4-18(13-16)22-11-12-26-20(22)25/h2-10,13H,11-12H2,1H3,(H,21,23)/b10-7-. The minimum absolute atomic E-state index is 0.134. The summed E-state index contributed by atoms with van der Waals surface area (Å²) in [5.74, 6) is -0.296. The zero-order valence-electron chi connectivity index (χ0n) is 14.3. The first kappa shape index (κ1) is 17.4. The lowest BCUT2D eigenvalue weighted by Gasteiger charge is -2.13. The van der Waals surface area contributed by atoms with E-state index in [-0.39, 0.29) is 11.7 Å². The van der Waals surface area contributed by atoms with Crippen LogP contribution < -0.4 is 10.2 Å². The van der Waals surface area contributed by atoms with Crippen molar-refractivity contribution in [1.29, 1.82) is 0 Å². The van der Waals surface area contributed by atoms with Crippen LogP contribution in [0, 0.1) is 0 Å². The van der Waals surface area contributed by atoms with Crippen molar-refractivity contribution in [3.05, 3.63) is 65.7 Å². The van der Waals surface area contributed by atoms with Gasteiger partial charge in [-0.2, -0.15) is 0 Å². The van der Waals surface area contributed by atoms with E-state index in [9.17, 15) is 14.4 Å². The SMILES string of the molecule is CC(=O)Nc1ccc(/C=C\C(=O)c2cccc(N3CCOC3=O)c2)cc1. The number of ketones is 1. The highest BCUT2D eigenvalue weighted by atomic mass is 16.6. The van der Waals surface area contributed by atoms with E-state index in [0.717, 1.165) is 5.56 Å². The summed E-state index contributed by atoms with van der Waals surface area (Å²) in [6.45, 7) is 2.28. The molecule has 1 aliphatic rings. The molecule has 0 radical (unpaired) electrons. The zero-order chi connectivity index (χ0) is 18.5. The molecular formula is C20H18N2O4. The lowest BCUT2D eigenvalue weighted by atomic mass is 10.1. The molecule has 1 N–H and O–H groups in total. The average Bonchev–Trinajstić information content (AvgIpc) is 3.06. The van der Waals surface area contributed by atoms with E-state index in [1.54, 1.807) is 42.5 Å². The molecule has 26 heavy (non-hydrogen) atoms. The van der Waals surface area contributed by atoms with Gasteiger partial charge in [-0.1, -0.05) is 30.3 Å². The first-order valence-corrected chi connectivity index (χ1v) is 8.17. The van der Waals surface area contributed by atoms with Crippen LogP contribution in [0.2, 0.25) is 0 Å². The zero-order valence-corrected chi connectivity index (χ0v) is 14.3. The van der Waals surface area contributed by atoms with E-state index in [4.69, 9.17) is 4.74 Å². The van der Waals surface area contributed by atoms with Crippen LogP contribution in [0.4, 0.5) is 16.2 Å². The first-order chi connectivity index (χ1) is 12.5. The maximum Gasteiger partial charge on any atom is 0.414 e. The third-order valence-corrected chi connectivity index (χ3v) is 3.86. The number of carbonyl (C=O) groups excluding carboxylic acids is 3. The number of amides is 2. The van der Waals surface area contributed by atoms with Crippen molar-refractivity contribution in [2.24, 2.45) is 0 Å². The topological polar surface area (TPSA) is 75.7 Å². The van der Waals surface area contributed by atoms with E-state index in [0.29, 0.717) is 30.1 Å². The molecule has 0 saturated carbocycles. The highest BCUT2D eigenvalue weighted by Crippen LogP contribution is 2.20. The van der Waals surface area contributed by atoms with Gasteiger partial charge in [0.1, 0.15) is 6.61 Å². The Morgan fingerprint density at radius 2 is 1.92 bits per heavy atom. The van der Waals surface area contributed by atoms with Gasteiger partial charge in [-0.05, 0) is 35.9 Å². The normalized spacial score (nSPS) is 13.7. The number of hydrogen-bond donors (Lipinski definition) is 1. The molecule has 6 nitrogen and oxygen atoms in total. The van der Waals surface area contributed by atoms with E-state index in [2.05, 4.69) is 5.32 Å². The van der Waals surface area contributed by atoms with Gasteiger partial charge in [0, 0.05) is 23.9 Å². The molecule has 0 bridgehead atoms. The van der Waals surface area contributed by atoms with E-state index < -0.39 is 6.09 Å². The molecule has 0 spiro atoms. The number of nitrogens with zero attached hydrogens (tertiary/aromatic N) is 1. The Labute approximate surface area is 151 Å². The van der Waals surface area contributed by atoms with Crippen molar-refractivity contribution >= 4 is 35.2 Å². The largest absolute Gasteiger partial charge is 0.447 e. The van der Waals surface area contributed by atoms with Gasteiger partial charge in [-0.3, -0.25) is 14.5 Å². The molecule has 6 heteroatoms. The van der Waals surface area contributed by atoms with Crippen LogP contribution in [-0.4, -0.2) is 30.9 Å². The van der Waals surface area contributed by atoms with Crippen molar-refractivity contribution in [3.8, 4) is 0 Å². The maximum atomic E-state index is 12.4. The minimum Gasteiger partial charge on any atom is -0.447 e. The Hall–Kier alpha value is -3.41. The van der Waals surface area contributed by atoms with Crippen molar-refractivity contribution < 1.29 is 19.1 Å². The summed E-state index contributed by atoms with van der Waals surface area (Å²) in [4.78, 5) is 36.6. The summed E-state index contributed by atoms with van der Waals surface area (Å²) in [6.07, 6.45) is 2.79. The summed E-state index contributed by atoms with van der Waals surface area (Å²) in [5, 5.41) is 2.69. The molecule has 0 aromatic heterocycles. The van der Waals surface area contributed by atoms with Crippen molar-refractivity contribution in [2.45, 2.75) is 6.92 Å². The van der Waals surface area contributed by atoms with Crippen LogP contribution >= 0.6 is 0 Å². The molecule has 132 valence electrons. The molecule has 1 fully saturated rings. The van der Waals surface area contributed by atoms with Crippen molar-refractivity contribution in [1.82, 2.24) is 0 Å². The fourth-order valence-electron chi connectivity index (χ4n) is 2.60. The monoisotopic (exact) mass is 350 g/mol. The number of benzene rings is 2. The number of anilines is 2. The Morgan fingerprint density at radius 3 is 2.58 bits per heavy atom. The van der Waals surface area contributed by atoms with Gasteiger partial charge in [-0.15, -0.1) is 0 Å². The van der Waals surface area contributed by atoms with Gasteiger partial charge >= 0.3 is 6.09 Å². The molecular weight excluding hydrogens is 332 g/mol. The van der Waals surface area contributed by atoms with Crippen molar-refractivity contribution in [2.75, 3.05) is 23.4 Å². The third kappa shape index (κ3) is 4.16. The maximum absolute atomic E-state index is 12.4. The molecule has 3 rings (SSSR count). The molecule has 2 aromatic rings. The Balaban J connectivity index is 1.70. The predicted octanol–water partition coefficient (Wildman–Crippen LogP) is 3.50. The van der Waals surface area contributed by atoms with Gasteiger partial charge < -0.3 is 10.1 Å². The molecule has 2 amide bonds. The van der Waals surface area contributed by atoms with Crippen LogP contribution in [-0.2, 0) is 9.53 Å². The minimum atomic E-state index is -0.399. The number of cyclic esters (lactones) is 1. The Kier molecular flexibility index (Phi) is 5.12. The van der Waals surface area contributed by atoms with E-state index >= 15 is 0 Å². The number of ether oxygens (including phenoxy) is 1. The summed E-state index contributed by atoms with van der Waals surface area (Å²) >= 11 is 0. The molecule has 1 heterocycles. The summed E-state index contributed by atoms with van der Waals surface area (Å²) < 4.78 is 4.92. The second-order valence-corrected chi connectivity index (χ2v) is 5.82. The van der Waals surface area contributed by atoms with Gasteiger partial charge in [0.15, 0.2) is 5.78 Å². The number of carbonyl (C=O) groups is 3. The quantitative estimate of drug-likeness (QED) is 0.661. The summed E-state index contributed by atoms with van der Waals surface area (Å²) in [7, 11) is 0. The number of nitrogens with one attached hydrogen (secondary N) is 1. The van der Waals surface area contributed by atoms with Gasteiger partial charge in [0.25, 0.3) is 0 Å². The Morgan fingerprint density at radius 1 is 1.15 bits per heavy atom. The molecule has 0 unspecified atom stereocenters. The first-order valence-electron chi connectivity index (χ1n) is 8.17. The summed E-state index contributed by atoms with van der Waals surface area (Å²) in [5.41, 5.74) is 2.68. The molecule has 1 aliphatic heterocycles. The Bertz CT molecular complexity index is 872. The van der Waals surface area contributed by atoms with Crippen LogP contribution in [0.1, 0.15) is 22.8 Å². The highest BCUT2D eigenvalue weighted by Gasteiger charge is 2.23. The number of allylic oxidation sites excluding steroid dienone is 1. The highest BCUT2D eigenvalue weighted by molar-refractivity contribution is 6.07. The van der Waals surface area contributed by atoms with Gasteiger partial charge in [-0.25, -0.2) is 4.79 Å². The summed E-state index contributed by atoms with van der Waals surface area (Å²) in [6, 6.07) is 14.1. The molecule has 2 aromatic carbocycles. The fraction of sp³-hybridized carbons (Fsp3) is 0.150. The number of rotatable bonds is 5.